The van der Waals surface area contributed by atoms with Gasteiger partial charge in [0.25, 0.3) is 0 Å². The van der Waals surface area contributed by atoms with Gasteiger partial charge < -0.3 is 10.2 Å². The Hall–Kier alpha value is -1.40. The van der Waals surface area contributed by atoms with Gasteiger partial charge in [-0.1, -0.05) is 46.9 Å². The third-order valence-electron chi connectivity index (χ3n) is 3.39. The number of para-hydroxylation sites is 1. The number of fused-ring (bicyclic) bond motifs is 1. The third kappa shape index (κ3) is 3.64. The highest BCUT2D eigenvalue weighted by atomic mass is 35.5. The van der Waals surface area contributed by atoms with E-state index in [0.717, 1.165) is 10.6 Å². The summed E-state index contributed by atoms with van der Waals surface area (Å²) < 4.78 is 0. The number of carbonyl (C=O) groups is 2. The second-order valence-electron chi connectivity index (χ2n) is 5.03. The molecule has 4 nitrogen and oxygen atoms in total. The first-order valence-electron chi connectivity index (χ1n) is 6.92. The van der Waals surface area contributed by atoms with Crippen LogP contribution in [0.2, 0.25) is 15.1 Å². The van der Waals surface area contributed by atoms with E-state index < -0.39 is 0 Å². The van der Waals surface area contributed by atoms with Crippen LogP contribution in [0.4, 0.5) is 11.4 Å². The molecule has 0 spiro atoms. The van der Waals surface area contributed by atoms with Gasteiger partial charge in [0.1, 0.15) is 6.54 Å². The molecule has 124 valence electrons. The van der Waals surface area contributed by atoms with E-state index in [1.54, 1.807) is 0 Å². The van der Waals surface area contributed by atoms with Crippen molar-refractivity contribution >= 4 is 69.8 Å². The van der Waals surface area contributed by atoms with Crippen LogP contribution in [-0.2, 0) is 9.59 Å². The molecule has 0 radical (unpaired) electrons. The summed E-state index contributed by atoms with van der Waals surface area (Å²) in [5, 5.41) is 3.53. The molecule has 1 heterocycles. The zero-order valence-electron chi connectivity index (χ0n) is 12.2. The van der Waals surface area contributed by atoms with Gasteiger partial charge in [0.05, 0.1) is 32.2 Å². The molecule has 0 aliphatic carbocycles. The summed E-state index contributed by atoms with van der Waals surface area (Å²) in [6, 6.07) is 10.4. The average Bonchev–Trinajstić information content (AvgIpc) is 2.55. The summed E-state index contributed by atoms with van der Waals surface area (Å²) >= 11 is 19.3. The smallest absolute Gasteiger partial charge is 0.244 e. The van der Waals surface area contributed by atoms with Gasteiger partial charge in [-0.05, 0) is 24.3 Å². The van der Waals surface area contributed by atoms with Crippen molar-refractivity contribution in [3.63, 3.8) is 0 Å². The van der Waals surface area contributed by atoms with Crippen LogP contribution in [0, 0.1) is 0 Å². The normalized spacial score (nSPS) is 13.6. The predicted molar refractivity (Wildman–Crippen MR) is 99.6 cm³/mol. The number of hydrogen-bond donors (Lipinski definition) is 1. The molecule has 2 aromatic carbocycles. The molecule has 2 amide bonds. The number of nitrogens with zero attached hydrogens (tertiary/aromatic N) is 1. The van der Waals surface area contributed by atoms with Gasteiger partial charge in [-0.2, -0.15) is 0 Å². The molecule has 3 rings (SSSR count). The molecular formula is C16H11Cl3N2O2S. The number of thioether (sulfide) groups is 1. The van der Waals surface area contributed by atoms with Crippen molar-refractivity contribution in [1.82, 2.24) is 0 Å². The molecule has 8 heteroatoms. The average molecular weight is 402 g/mol. The standard InChI is InChI=1S/C16H11Cl3N2O2S/c17-9-5-11(19)12(6-10(9)18)20-15(22)7-21-13-3-1-2-4-14(13)24-8-16(21)23/h1-6H,7-8H2,(H,20,22). The summed E-state index contributed by atoms with van der Waals surface area (Å²) in [6.07, 6.45) is 0. The molecule has 0 bridgehead atoms. The molecule has 0 unspecified atom stereocenters. The lowest BCUT2D eigenvalue weighted by molar-refractivity contribution is -0.120. The first-order valence-corrected chi connectivity index (χ1v) is 9.04. The maximum atomic E-state index is 12.3. The number of hydrogen-bond acceptors (Lipinski definition) is 3. The maximum Gasteiger partial charge on any atom is 0.244 e. The van der Waals surface area contributed by atoms with Gasteiger partial charge in [0.15, 0.2) is 0 Å². The van der Waals surface area contributed by atoms with E-state index in [1.165, 1.54) is 28.8 Å². The minimum absolute atomic E-state index is 0.104. The topological polar surface area (TPSA) is 49.4 Å². The van der Waals surface area contributed by atoms with Crippen molar-refractivity contribution in [3.05, 3.63) is 51.5 Å². The second kappa shape index (κ2) is 7.23. The van der Waals surface area contributed by atoms with E-state index in [4.69, 9.17) is 34.8 Å². The maximum absolute atomic E-state index is 12.3. The Morgan fingerprint density at radius 1 is 1.12 bits per heavy atom. The van der Waals surface area contributed by atoms with E-state index in [-0.39, 0.29) is 28.4 Å². The fourth-order valence-electron chi connectivity index (χ4n) is 2.28. The van der Waals surface area contributed by atoms with Gasteiger partial charge in [0.2, 0.25) is 11.8 Å². The summed E-state index contributed by atoms with van der Waals surface area (Å²) in [7, 11) is 0. The Balaban J connectivity index is 1.78. The number of rotatable bonds is 3. The molecular weight excluding hydrogens is 391 g/mol. The largest absolute Gasteiger partial charge is 0.323 e. The first-order chi connectivity index (χ1) is 11.5. The van der Waals surface area contributed by atoms with E-state index in [2.05, 4.69) is 5.32 Å². The molecule has 0 fully saturated rings. The van der Waals surface area contributed by atoms with Crippen molar-refractivity contribution in [2.24, 2.45) is 0 Å². The first kappa shape index (κ1) is 17.4. The predicted octanol–water partition coefficient (Wildman–Crippen LogP) is 4.72. The molecule has 0 aromatic heterocycles. The Kier molecular flexibility index (Phi) is 5.25. The van der Waals surface area contributed by atoms with Crippen LogP contribution in [0.15, 0.2) is 41.3 Å². The Morgan fingerprint density at radius 3 is 2.62 bits per heavy atom. The van der Waals surface area contributed by atoms with Crippen LogP contribution in [0.1, 0.15) is 0 Å². The molecule has 1 N–H and O–H groups in total. The Morgan fingerprint density at radius 2 is 1.83 bits per heavy atom. The van der Waals surface area contributed by atoms with Gasteiger partial charge >= 0.3 is 0 Å². The number of anilines is 2. The monoisotopic (exact) mass is 400 g/mol. The van der Waals surface area contributed by atoms with Crippen LogP contribution in [0.3, 0.4) is 0 Å². The number of benzene rings is 2. The van der Waals surface area contributed by atoms with Gasteiger partial charge in [-0.3, -0.25) is 9.59 Å². The lowest BCUT2D eigenvalue weighted by Gasteiger charge is -2.28. The van der Waals surface area contributed by atoms with Crippen molar-refractivity contribution in [3.8, 4) is 0 Å². The minimum atomic E-state index is -0.370. The summed E-state index contributed by atoms with van der Waals surface area (Å²) in [5.41, 5.74) is 1.08. The summed E-state index contributed by atoms with van der Waals surface area (Å²) in [5.74, 6) is -0.183. The van der Waals surface area contributed by atoms with Crippen LogP contribution in [0.5, 0.6) is 0 Å². The van der Waals surface area contributed by atoms with Crippen molar-refractivity contribution < 1.29 is 9.59 Å². The van der Waals surface area contributed by atoms with Gasteiger partial charge in [0, 0.05) is 4.90 Å². The highest BCUT2D eigenvalue weighted by Gasteiger charge is 2.26. The zero-order valence-corrected chi connectivity index (χ0v) is 15.3. The number of nitrogens with one attached hydrogen (secondary N) is 1. The highest BCUT2D eigenvalue weighted by Crippen LogP contribution is 2.35. The van der Waals surface area contributed by atoms with E-state index >= 15 is 0 Å². The third-order valence-corrected chi connectivity index (χ3v) is 5.48. The summed E-state index contributed by atoms with van der Waals surface area (Å²) in [4.78, 5) is 26.9. The molecule has 0 saturated carbocycles. The van der Waals surface area contributed by atoms with Crippen LogP contribution in [0.25, 0.3) is 0 Å². The van der Waals surface area contributed by atoms with Gasteiger partial charge in [-0.25, -0.2) is 0 Å². The Bertz CT molecular complexity index is 829. The minimum Gasteiger partial charge on any atom is -0.323 e. The van der Waals surface area contributed by atoms with E-state index in [1.807, 2.05) is 24.3 Å². The number of carbonyl (C=O) groups excluding carboxylic acids is 2. The van der Waals surface area contributed by atoms with Crippen LogP contribution in [-0.4, -0.2) is 24.1 Å². The molecule has 1 aliphatic rings. The molecule has 0 saturated heterocycles. The fourth-order valence-corrected chi connectivity index (χ4v) is 3.81. The molecule has 24 heavy (non-hydrogen) atoms. The number of halogens is 3. The summed E-state index contributed by atoms with van der Waals surface area (Å²) in [6.45, 7) is -0.104. The van der Waals surface area contributed by atoms with Crippen LogP contribution >= 0.6 is 46.6 Å². The van der Waals surface area contributed by atoms with Crippen molar-refractivity contribution in [2.45, 2.75) is 4.90 Å². The molecule has 2 aromatic rings. The number of amides is 2. The van der Waals surface area contributed by atoms with Crippen LogP contribution < -0.4 is 10.2 Å². The quantitative estimate of drug-likeness (QED) is 0.757. The molecule has 1 aliphatic heterocycles. The van der Waals surface area contributed by atoms with E-state index in [0.29, 0.717) is 16.5 Å². The molecule has 0 atom stereocenters. The van der Waals surface area contributed by atoms with Crippen molar-refractivity contribution in [2.75, 3.05) is 22.5 Å². The SMILES string of the molecule is O=C(CN1C(=O)CSc2ccccc21)Nc1cc(Cl)c(Cl)cc1Cl. The van der Waals surface area contributed by atoms with Gasteiger partial charge in [-0.15, -0.1) is 11.8 Å². The van der Waals surface area contributed by atoms with E-state index in [9.17, 15) is 9.59 Å². The second-order valence-corrected chi connectivity index (χ2v) is 7.27. The highest BCUT2D eigenvalue weighted by molar-refractivity contribution is 8.00. The zero-order chi connectivity index (χ0) is 17.3. The lowest BCUT2D eigenvalue weighted by atomic mass is 10.2. The van der Waals surface area contributed by atoms with Crippen molar-refractivity contribution in [1.29, 1.82) is 0 Å². The fraction of sp³-hybridized carbons (Fsp3) is 0.125. The Labute approximate surface area is 158 Å². The lowest BCUT2D eigenvalue weighted by Crippen LogP contribution is -2.41.